The molecule has 0 amide bonds. The fraction of sp³-hybridized carbons (Fsp3) is 0.917. The Kier molecular flexibility index (Phi) is 6.07. The number of halogens is 1. The van der Waals surface area contributed by atoms with Crippen molar-refractivity contribution in [3.05, 3.63) is 0 Å². The van der Waals surface area contributed by atoms with Crippen LogP contribution in [-0.2, 0) is 9.53 Å². The van der Waals surface area contributed by atoms with E-state index < -0.39 is 5.38 Å². The zero-order valence-corrected chi connectivity index (χ0v) is 10.3. The molecular formula is C12H21ClO2. The van der Waals surface area contributed by atoms with Gasteiger partial charge in [-0.3, -0.25) is 4.79 Å². The molecule has 88 valence electrons. The molecule has 0 spiro atoms. The summed E-state index contributed by atoms with van der Waals surface area (Å²) in [7, 11) is 0. The highest BCUT2D eigenvalue weighted by molar-refractivity contribution is 6.30. The number of hydrogen-bond acceptors (Lipinski definition) is 2. The molecule has 0 saturated carbocycles. The van der Waals surface area contributed by atoms with Crippen molar-refractivity contribution in [3.8, 4) is 0 Å². The summed E-state index contributed by atoms with van der Waals surface area (Å²) < 4.78 is 5.13. The van der Waals surface area contributed by atoms with Gasteiger partial charge in [0.2, 0.25) is 0 Å². The van der Waals surface area contributed by atoms with Crippen molar-refractivity contribution >= 4 is 17.6 Å². The minimum absolute atomic E-state index is 0.0891. The second kappa shape index (κ2) is 7.10. The Labute approximate surface area is 97.3 Å². The molecule has 0 radical (unpaired) electrons. The highest BCUT2D eigenvalue weighted by Crippen LogP contribution is 2.23. The lowest BCUT2D eigenvalue weighted by atomic mass is 10.1. The molecule has 1 aliphatic heterocycles. The van der Waals surface area contributed by atoms with Crippen LogP contribution >= 0.6 is 11.6 Å². The summed E-state index contributed by atoms with van der Waals surface area (Å²) in [6, 6.07) is 0. The van der Waals surface area contributed by atoms with E-state index in [1.165, 1.54) is 32.1 Å². The molecule has 0 aromatic rings. The van der Waals surface area contributed by atoms with Crippen molar-refractivity contribution in [2.75, 3.05) is 0 Å². The quantitative estimate of drug-likeness (QED) is 0.380. The normalized spacial score (nSPS) is 25.6. The van der Waals surface area contributed by atoms with E-state index in [4.69, 9.17) is 16.3 Å². The van der Waals surface area contributed by atoms with Gasteiger partial charge in [-0.15, -0.1) is 11.6 Å². The Hall–Kier alpha value is -0.240. The van der Waals surface area contributed by atoms with Crippen LogP contribution in [0.1, 0.15) is 58.3 Å². The number of carbonyl (C=O) groups is 1. The number of carbonyl (C=O) groups excluding carboxylic acids is 1. The molecule has 2 nitrogen and oxygen atoms in total. The lowest BCUT2D eigenvalue weighted by Gasteiger charge is -2.07. The first-order valence-corrected chi connectivity index (χ1v) is 6.52. The highest BCUT2D eigenvalue weighted by Gasteiger charge is 2.31. The van der Waals surface area contributed by atoms with E-state index in [2.05, 4.69) is 6.92 Å². The number of cyclic esters (lactones) is 1. The van der Waals surface area contributed by atoms with E-state index in [0.717, 1.165) is 12.8 Å². The minimum atomic E-state index is -0.393. The number of unbranched alkanes of at least 4 members (excludes halogenated alkanes) is 5. The number of hydrogen-bond donors (Lipinski definition) is 0. The summed E-state index contributed by atoms with van der Waals surface area (Å²) in [6.07, 6.45) is 9.45. The molecule has 15 heavy (non-hydrogen) atoms. The summed E-state index contributed by atoms with van der Waals surface area (Å²) in [6.45, 7) is 2.22. The number of alkyl halides is 1. The van der Waals surface area contributed by atoms with Crippen molar-refractivity contribution in [2.24, 2.45) is 0 Å². The molecule has 0 aromatic carbocycles. The Bertz CT molecular complexity index is 194. The smallest absolute Gasteiger partial charge is 0.324 e. The standard InChI is InChI=1S/C12H21ClO2/c1-2-3-4-5-6-7-8-10-9-11(13)12(14)15-10/h10-11H,2-9H2,1H3. The Balaban J connectivity index is 1.95. The molecule has 0 aliphatic carbocycles. The van der Waals surface area contributed by atoms with Crippen LogP contribution in [0.15, 0.2) is 0 Å². The lowest BCUT2D eigenvalue weighted by Crippen LogP contribution is -2.06. The maximum Gasteiger partial charge on any atom is 0.324 e. The number of rotatable bonds is 7. The van der Waals surface area contributed by atoms with Gasteiger partial charge in [-0.2, -0.15) is 0 Å². The second-order valence-corrected chi connectivity index (χ2v) is 4.85. The van der Waals surface area contributed by atoms with Crippen LogP contribution in [0.2, 0.25) is 0 Å². The summed E-state index contributed by atoms with van der Waals surface area (Å²) >= 11 is 5.76. The van der Waals surface area contributed by atoms with Crippen molar-refractivity contribution < 1.29 is 9.53 Å². The zero-order chi connectivity index (χ0) is 11.1. The van der Waals surface area contributed by atoms with Gasteiger partial charge < -0.3 is 4.74 Å². The van der Waals surface area contributed by atoms with E-state index in [9.17, 15) is 4.79 Å². The molecule has 2 unspecified atom stereocenters. The fourth-order valence-electron chi connectivity index (χ4n) is 1.94. The van der Waals surface area contributed by atoms with Gasteiger partial charge in [-0.1, -0.05) is 39.0 Å². The molecule has 1 fully saturated rings. The maximum atomic E-state index is 11.0. The van der Waals surface area contributed by atoms with Crippen LogP contribution in [-0.4, -0.2) is 17.5 Å². The van der Waals surface area contributed by atoms with Gasteiger partial charge in [0.05, 0.1) is 0 Å². The molecule has 3 heteroatoms. The highest BCUT2D eigenvalue weighted by atomic mass is 35.5. The molecule has 0 bridgehead atoms. The molecule has 2 atom stereocenters. The molecule has 1 aliphatic rings. The SMILES string of the molecule is CCCCCCCCC1CC(Cl)C(=O)O1. The van der Waals surface area contributed by atoms with Crippen LogP contribution in [0, 0.1) is 0 Å². The van der Waals surface area contributed by atoms with Crippen molar-refractivity contribution in [1.29, 1.82) is 0 Å². The lowest BCUT2D eigenvalue weighted by molar-refractivity contribution is -0.141. The summed E-state index contributed by atoms with van der Waals surface area (Å²) in [5.74, 6) is -0.229. The van der Waals surface area contributed by atoms with Gasteiger partial charge >= 0.3 is 5.97 Å². The number of esters is 1. The summed E-state index contributed by atoms with van der Waals surface area (Å²) in [5, 5.41) is -0.393. The number of ether oxygens (including phenoxy) is 1. The molecule has 0 N–H and O–H groups in total. The molecule has 1 rings (SSSR count). The van der Waals surface area contributed by atoms with Crippen LogP contribution in [0.5, 0.6) is 0 Å². The molecule has 1 saturated heterocycles. The van der Waals surface area contributed by atoms with E-state index in [1.807, 2.05) is 0 Å². The minimum Gasteiger partial charge on any atom is -0.461 e. The monoisotopic (exact) mass is 232 g/mol. The van der Waals surface area contributed by atoms with Gasteiger partial charge in [-0.25, -0.2) is 0 Å². The average Bonchev–Trinajstić information content (AvgIpc) is 2.52. The molecule has 1 heterocycles. The average molecular weight is 233 g/mol. The molecular weight excluding hydrogens is 212 g/mol. The van der Waals surface area contributed by atoms with Gasteiger partial charge in [0, 0.05) is 6.42 Å². The van der Waals surface area contributed by atoms with Gasteiger partial charge in [-0.05, 0) is 12.8 Å². The van der Waals surface area contributed by atoms with Crippen molar-refractivity contribution in [3.63, 3.8) is 0 Å². The van der Waals surface area contributed by atoms with Crippen LogP contribution in [0.4, 0.5) is 0 Å². The third kappa shape index (κ3) is 4.87. The van der Waals surface area contributed by atoms with E-state index in [1.54, 1.807) is 0 Å². The Morgan fingerprint density at radius 3 is 2.53 bits per heavy atom. The van der Waals surface area contributed by atoms with Crippen LogP contribution in [0.25, 0.3) is 0 Å². The van der Waals surface area contributed by atoms with Crippen LogP contribution in [0.3, 0.4) is 0 Å². The Morgan fingerprint density at radius 2 is 1.93 bits per heavy atom. The third-order valence-electron chi connectivity index (χ3n) is 2.89. The Morgan fingerprint density at radius 1 is 1.27 bits per heavy atom. The van der Waals surface area contributed by atoms with Crippen molar-refractivity contribution in [1.82, 2.24) is 0 Å². The van der Waals surface area contributed by atoms with Crippen molar-refractivity contribution in [2.45, 2.75) is 69.8 Å². The van der Waals surface area contributed by atoms with Gasteiger partial charge in [0.15, 0.2) is 0 Å². The summed E-state index contributed by atoms with van der Waals surface area (Å²) in [4.78, 5) is 11.0. The second-order valence-electron chi connectivity index (χ2n) is 4.32. The molecule has 0 aromatic heterocycles. The zero-order valence-electron chi connectivity index (χ0n) is 9.51. The van der Waals surface area contributed by atoms with Gasteiger partial charge in [0.1, 0.15) is 11.5 Å². The van der Waals surface area contributed by atoms with E-state index in [0.29, 0.717) is 6.42 Å². The first kappa shape index (κ1) is 12.8. The van der Waals surface area contributed by atoms with E-state index in [-0.39, 0.29) is 12.1 Å². The summed E-state index contributed by atoms with van der Waals surface area (Å²) in [5.41, 5.74) is 0. The first-order chi connectivity index (χ1) is 7.24. The predicted molar refractivity (Wildman–Crippen MR) is 62.1 cm³/mol. The largest absolute Gasteiger partial charge is 0.461 e. The van der Waals surface area contributed by atoms with Gasteiger partial charge in [0.25, 0.3) is 0 Å². The van der Waals surface area contributed by atoms with E-state index >= 15 is 0 Å². The first-order valence-electron chi connectivity index (χ1n) is 6.08. The van der Waals surface area contributed by atoms with Crippen LogP contribution < -0.4 is 0 Å². The fourth-order valence-corrected chi connectivity index (χ4v) is 2.19. The topological polar surface area (TPSA) is 26.3 Å². The third-order valence-corrected chi connectivity index (χ3v) is 3.24. The predicted octanol–water partition coefficient (Wildman–Crippen LogP) is 3.66. The maximum absolute atomic E-state index is 11.0.